The Labute approximate surface area is 199 Å². The number of anilines is 1. The molecule has 5 rings (SSSR count). The molecule has 0 saturated heterocycles. The minimum absolute atomic E-state index is 0.316. The molecule has 1 fully saturated rings. The minimum Gasteiger partial charge on any atom is -0.478 e. The number of carboxylic acids is 1. The Morgan fingerprint density at radius 3 is 2.79 bits per heavy atom. The van der Waals surface area contributed by atoms with E-state index in [9.17, 15) is 9.18 Å². The fourth-order valence-corrected chi connectivity index (χ4v) is 5.17. The number of hydrogen-bond donors (Lipinski definition) is 3. The number of fused-ring (bicyclic) bond motifs is 2. The fourth-order valence-electron chi connectivity index (χ4n) is 5.17. The third kappa shape index (κ3) is 4.23. The average molecular weight is 462 g/mol. The van der Waals surface area contributed by atoms with Gasteiger partial charge < -0.3 is 15.4 Å². The summed E-state index contributed by atoms with van der Waals surface area (Å²) in [4.78, 5) is 22.6. The monoisotopic (exact) mass is 461 g/mol. The average Bonchev–Trinajstić information content (AvgIpc) is 3.29. The van der Waals surface area contributed by atoms with E-state index in [4.69, 9.17) is 6.42 Å². The molecule has 1 aliphatic rings. The number of aromatic nitrogens is 2. The molecule has 6 nitrogen and oxygen atoms in total. The summed E-state index contributed by atoms with van der Waals surface area (Å²) in [6.45, 7) is 0.666. The predicted octanol–water partition coefficient (Wildman–Crippen LogP) is 6.03. The standard InChI is InChI=1S/C27H29FN4O2/c1-29-24-14-20(28)12-17-11-18-13-23(30-26(18)31-25(17)24)22-9-8-16(27(33)34)10-19(22)15-32(2)21-6-4-3-5-7-21/h8-14,21,29H,3-7,15H2,1-2H3,(H,30,31)(H,33,34)/i/hD. The third-order valence-electron chi connectivity index (χ3n) is 6.98. The number of carbonyl (C=O) groups is 1. The summed E-state index contributed by atoms with van der Waals surface area (Å²) in [5, 5.41) is 8.84. The predicted molar refractivity (Wildman–Crippen MR) is 134 cm³/mol. The van der Waals surface area contributed by atoms with E-state index in [2.05, 4.69) is 27.4 Å². The van der Waals surface area contributed by atoms with Gasteiger partial charge in [0.05, 0.1) is 16.8 Å². The second kappa shape index (κ2) is 9.06. The lowest BCUT2D eigenvalue weighted by Gasteiger charge is -2.31. The smallest absolute Gasteiger partial charge is 0.335 e. The number of halogens is 1. The Hall–Kier alpha value is -3.45. The first-order valence-electron chi connectivity index (χ1n) is 12.2. The number of rotatable bonds is 6. The molecule has 3 N–H and O–H groups in total. The highest BCUT2D eigenvalue weighted by Crippen LogP contribution is 2.32. The lowest BCUT2D eigenvalue weighted by molar-refractivity contribution is 0.0696. The van der Waals surface area contributed by atoms with Crippen LogP contribution < -0.4 is 5.32 Å². The number of carboxylic acid groups (broad SMARTS) is 1. The first-order valence-corrected chi connectivity index (χ1v) is 11.8. The van der Waals surface area contributed by atoms with Crippen LogP contribution in [-0.2, 0) is 6.54 Å². The zero-order valence-electron chi connectivity index (χ0n) is 20.5. The Balaban J connectivity index is 1.58. The molecule has 7 heteroatoms. The van der Waals surface area contributed by atoms with E-state index in [1.807, 2.05) is 24.3 Å². The summed E-state index contributed by atoms with van der Waals surface area (Å²) >= 11 is 0. The van der Waals surface area contributed by atoms with E-state index in [0.29, 0.717) is 35.0 Å². The highest BCUT2D eigenvalue weighted by molar-refractivity contribution is 5.99. The van der Waals surface area contributed by atoms with E-state index < -0.39 is 5.97 Å². The van der Waals surface area contributed by atoms with E-state index in [-0.39, 0.29) is 5.82 Å². The quantitative estimate of drug-likeness (QED) is 0.327. The molecule has 0 unspecified atom stereocenters. The molecule has 1 saturated carbocycles. The summed E-state index contributed by atoms with van der Waals surface area (Å²) in [7, 11) is 3.88. The highest BCUT2D eigenvalue weighted by atomic mass is 19.1. The fraction of sp³-hybridized carbons (Fsp3) is 0.333. The number of benzene rings is 2. The summed E-state index contributed by atoms with van der Waals surface area (Å²) in [6, 6.07) is 12.8. The van der Waals surface area contributed by atoms with E-state index in [0.717, 1.165) is 27.6 Å². The molecule has 2 heterocycles. The SMILES string of the molecule is [2H]OC(=O)c1ccc(-c2cc3cc4cc(F)cc(NC)c4nc3[nH]2)c(CN(C)C2CCCCC2)c1. The largest absolute Gasteiger partial charge is 0.478 e. The Bertz CT molecular complexity index is 1400. The zero-order chi connectivity index (χ0) is 24.5. The third-order valence-corrected chi connectivity index (χ3v) is 6.98. The maximum atomic E-state index is 14.1. The summed E-state index contributed by atoms with van der Waals surface area (Å²) < 4.78 is 21.1. The van der Waals surface area contributed by atoms with Gasteiger partial charge in [-0.2, -0.15) is 0 Å². The van der Waals surface area contributed by atoms with Crippen molar-refractivity contribution in [3.05, 3.63) is 59.4 Å². The molecule has 0 atom stereocenters. The van der Waals surface area contributed by atoms with Gasteiger partial charge in [-0.1, -0.05) is 25.3 Å². The molecule has 0 spiro atoms. The van der Waals surface area contributed by atoms with Gasteiger partial charge in [0, 0.05) is 41.7 Å². The maximum absolute atomic E-state index is 14.1. The summed E-state index contributed by atoms with van der Waals surface area (Å²) in [6.07, 6.45) is 6.12. The topological polar surface area (TPSA) is 81.2 Å². The normalized spacial score (nSPS) is 15.1. The molecule has 34 heavy (non-hydrogen) atoms. The van der Waals surface area contributed by atoms with Crippen molar-refractivity contribution in [3.8, 4) is 11.3 Å². The van der Waals surface area contributed by atoms with Crippen LogP contribution in [0.3, 0.4) is 0 Å². The molecular weight excluding hydrogens is 431 g/mol. The van der Waals surface area contributed by atoms with Gasteiger partial charge in [0.25, 0.3) is 1.43 Å². The number of H-pyrrole nitrogens is 1. The van der Waals surface area contributed by atoms with Gasteiger partial charge in [0.2, 0.25) is 0 Å². The van der Waals surface area contributed by atoms with Crippen LogP contribution >= 0.6 is 0 Å². The van der Waals surface area contributed by atoms with Crippen molar-refractivity contribution < 1.29 is 14.3 Å². The Morgan fingerprint density at radius 1 is 1.21 bits per heavy atom. The second-order valence-electron chi connectivity index (χ2n) is 9.25. The van der Waals surface area contributed by atoms with Crippen molar-refractivity contribution >= 4 is 33.6 Å². The first kappa shape index (κ1) is 21.1. The summed E-state index contributed by atoms with van der Waals surface area (Å²) in [5.74, 6) is -0.993. The molecule has 2 aromatic carbocycles. The molecule has 0 bridgehead atoms. The van der Waals surface area contributed by atoms with E-state index >= 15 is 0 Å². The van der Waals surface area contributed by atoms with E-state index in [1.165, 1.54) is 44.2 Å². The Morgan fingerprint density at radius 2 is 2.03 bits per heavy atom. The van der Waals surface area contributed by atoms with Gasteiger partial charge in [0.15, 0.2) is 0 Å². The van der Waals surface area contributed by atoms with Gasteiger partial charge in [-0.3, -0.25) is 4.90 Å². The summed E-state index contributed by atoms with van der Waals surface area (Å²) in [5.41, 5.74) is 5.18. The van der Waals surface area contributed by atoms with Crippen LogP contribution in [0.1, 0.15) is 48.0 Å². The van der Waals surface area contributed by atoms with Crippen molar-refractivity contribution in [1.82, 2.24) is 14.9 Å². The van der Waals surface area contributed by atoms with Crippen LogP contribution in [0.15, 0.2) is 42.5 Å². The first-order chi connectivity index (χ1) is 17.0. The van der Waals surface area contributed by atoms with Crippen LogP contribution in [0.25, 0.3) is 34.6 Å². The molecule has 176 valence electrons. The van der Waals surface area contributed by atoms with Crippen molar-refractivity contribution in [2.24, 2.45) is 0 Å². The number of hydrogen-bond acceptors (Lipinski definition) is 5. The zero-order valence-corrected chi connectivity index (χ0v) is 19.5. The number of aromatic amines is 1. The maximum Gasteiger partial charge on any atom is 0.335 e. The van der Waals surface area contributed by atoms with Crippen molar-refractivity contribution in [2.45, 2.75) is 44.7 Å². The van der Waals surface area contributed by atoms with Crippen LogP contribution in [0.5, 0.6) is 0 Å². The van der Waals surface area contributed by atoms with Crippen LogP contribution in [0.2, 0.25) is 0 Å². The van der Waals surface area contributed by atoms with Gasteiger partial charge in [-0.25, -0.2) is 14.2 Å². The van der Waals surface area contributed by atoms with Crippen molar-refractivity contribution in [2.75, 3.05) is 19.4 Å². The van der Waals surface area contributed by atoms with E-state index in [1.54, 1.807) is 13.1 Å². The molecule has 2 aromatic heterocycles. The molecule has 0 amide bonds. The molecule has 1 aliphatic carbocycles. The van der Waals surface area contributed by atoms with Gasteiger partial charge in [-0.15, -0.1) is 0 Å². The lowest BCUT2D eigenvalue weighted by Crippen LogP contribution is -2.33. The lowest BCUT2D eigenvalue weighted by atomic mass is 9.93. The Kier molecular flexibility index (Phi) is 5.63. The molecule has 4 aromatic rings. The molecule has 0 radical (unpaired) electrons. The van der Waals surface area contributed by atoms with Gasteiger partial charge >= 0.3 is 5.97 Å². The molecular formula is C27H29FN4O2. The van der Waals surface area contributed by atoms with Crippen LogP contribution in [0, 0.1) is 5.82 Å². The second-order valence-corrected chi connectivity index (χ2v) is 9.25. The minimum atomic E-state index is -0.677. The highest BCUT2D eigenvalue weighted by Gasteiger charge is 2.21. The number of nitrogens with zero attached hydrogens (tertiary/aromatic N) is 2. The molecule has 0 aliphatic heterocycles. The van der Waals surface area contributed by atoms with Crippen molar-refractivity contribution in [1.29, 1.82) is 1.43 Å². The van der Waals surface area contributed by atoms with Crippen LogP contribution in [0.4, 0.5) is 10.1 Å². The van der Waals surface area contributed by atoms with Gasteiger partial charge in [-0.05, 0) is 61.9 Å². The number of pyridine rings is 1. The van der Waals surface area contributed by atoms with Gasteiger partial charge in [0.1, 0.15) is 11.5 Å². The number of nitrogens with one attached hydrogen (secondary N) is 2. The van der Waals surface area contributed by atoms with Crippen LogP contribution in [-0.4, -0.2) is 46.1 Å². The number of aromatic carboxylic acids is 1. The van der Waals surface area contributed by atoms with Crippen molar-refractivity contribution in [3.63, 3.8) is 0 Å².